The van der Waals surface area contributed by atoms with Gasteiger partial charge in [0.2, 0.25) is 0 Å². The van der Waals surface area contributed by atoms with Crippen molar-refractivity contribution in [1.82, 2.24) is 0 Å². The fraction of sp³-hybridized carbons (Fsp3) is 0.538. The van der Waals surface area contributed by atoms with Crippen molar-refractivity contribution >= 4 is 18.1 Å². The summed E-state index contributed by atoms with van der Waals surface area (Å²) in [6.45, 7) is 5.13. The maximum absolute atomic E-state index is 5.70. The molecule has 0 unspecified atom stereocenters. The number of hydrogen-bond acceptors (Lipinski definition) is 3. The number of hydrogen-bond donors (Lipinski definition) is 1. The van der Waals surface area contributed by atoms with Gasteiger partial charge in [-0.3, -0.25) is 0 Å². The van der Waals surface area contributed by atoms with Crippen LogP contribution in [0.25, 0.3) is 0 Å². The van der Waals surface area contributed by atoms with E-state index in [0.717, 1.165) is 17.9 Å². The molecular formula is C13H22ClNO2. The van der Waals surface area contributed by atoms with Gasteiger partial charge >= 0.3 is 0 Å². The van der Waals surface area contributed by atoms with Gasteiger partial charge in [0.25, 0.3) is 0 Å². The third-order valence-electron chi connectivity index (χ3n) is 2.37. The number of rotatable bonds is 6. The first kappa shape index (κ1) is 15.9. The topological polar surface area (TPSA) is 44.5 Å². The van der Waals surface area contributed by atoms with Crippen LogP contribution in [0.2, 0.25) is 0 Å². The Morgan fingerprint density at radius 3 is 2.53 bits per heavy atom. The van der Waals surface area contributed by atoms with Crippen LogP contribution in [-0.4, -0.2) is 13.7 Å². The Bertz CT molecular complexity index is 329. The second kappa shape index (κ2) is 8.07. The summed E-state index contributed by atoms with van der Waals surface area (Å²) in [4.78, 5) is 0. The van der Waals surface area contributed by atoms with Crippen molar-refractivity contribution in [2.75, 3.05) is 19.5 Å². The Kier molecular flexibility index (Phi) is 7.55. The molecule has 3 nitrogen and oxygen atoms in total. The van der Waals surface area contributed by atoms with Crippen LogP contribution in [0.5, 0.6) is 11.5 Å². The molecule has 17 heavy (non-hydrogen) atoms. The second-order valence-corrected chi connectivity index (χ2v) is 4.29. The molecule has 0 heterocycles. The Hall–Kier alpha value is -1.09. The molecule has 0 amide bonds. The highest BCUT2D eigenvalue weighted by molar-refractivity contribution is 5.85. The van der Waals surface area contributed by atoms with Crippen LogP contribution in [0.15, 0.2) is 18.2 Å². The van der Waals surface area contributed by atoms with Crippen molar-refractivity contribution in [3.63, 3.8) is 0 Å². The molecule has 0 radical (unpaired) electrons. The third kappa shape index (κ3) is 5.68. The standard InChI is InChI=1S/C13H21NO2.ClH/c1-10(2)5-4-8-16-13-9-11(14)6-7-12(13)15-3;/h6-7,9-10H,4-5,8,14H2,1-3H3;1H. The molecule has 0 spiro atoms. The maximum Gasteiger partial charge on any atom is 0.163 e. The number of anilines is 1. The van der Waals surface area contributed by atoms with Crippen molar-refractivity contribution in [1.29, 1.82) is 0 Å². The van der Waals surface area contributed by atoms with Gasteiger partial charge in [0.05, 0.1) is 13.7 Å². The average molecular weight is 260 g/mol. The molecule has 0 fully saturated rings. The molecule has 98 valence electrons. The van der Waals surface area contributed by atoms with E-state index in [1.54, 1.807) is 19.2 Å². The SMILES string of the molecule is COc1ccc(N)cc1OCCCC(C)C.Cl. The van der Waals surface area contributed by atoms with E-state index in [1.807, 2.05) is 6.07 Å². The van der Waals surface area contributed by atoms with Crippen LogP contribution in [0, 0.1) is 5.92 Å². The summed E-state index contributed by atoms with van der Waals surface area (Å²) in [6.07, 6.45) is 2.22. The summed E-state index contributed by atoms with van der Waals surface area (Å²) in [6, 6.07) is 5.43. The number of ether oxygens (including phenoxy) is 2. The van der Waals surface area contributed by atoms with Gasteiger partial charge in [-0.25, -0.2) is 0 Å². The van der Waals surface area contributed by atoms with Crippen LogP contribution >= 0.6 is 12.4 Å². The van der Waals surface area contributed by atoms with Crippen LogP contribution < -0.4 is 15.2 Å². The molecular weight excluding hydrogens is 238 g/mol. The molecule has 0 bridgehead atoms. The van der Waals surface area contributed by atoms with Gasteiger partial charge in [0.15, 0.2) is 11.5 Å². The Morgan fingerprint density at radius 2 is 1.94 bits per heavy atom. The molecule has 0 aliphatic rings. The van der Waals surface area contributed by atoms with E-state index in [0.29, 0.717) is 18.2 Å². The van der Waals surface area contributed by atoms with E-state index in [9.17, 15) is 0 Å². The predicted octanol–water partition coefficient (Wildman–Crippen LogP) is 3.51. The fourth-order valence-electron chi connectivity index (χ4n) is 1.48. The Labute approximate surface area is 110 Å². The molecule has 4 heteroatoms. The predicted molar refractivity (Wildman–Crippen MR) is 74.2 cm³/mol. The van der Waals surface area contributed by atoms with E-state index in [2.05, 4.69) is 13.8 Å². The molecule has 1 aromatic carbocycles. The van der Waals surface area contributed by atoms with Gasteiger partial charge in [-0.1, -0.05) is 13.8 Å². The summed E-state index contributed by atoms with van der Waals surface area (Å²) in [5, 5.41) is 0. The summed E-state index contributed by atoms with van der Waals surface area (Å²) in [7, 11) is 1.63. The molecule has 0 aromatic heterocycles. The molecule has 0 saturated carbocycles. The quantitative estimate of drug-likeness (QED) is 0.628. The lowest BCUT2D eigenvalue weighted by Crippen LogP contribution is -2.01. The number of methoxy groups -OCH3 is 1. The lowest BCUT2D eigenvalue weighted by atomic mass is 10.1. The normalized spacial score (nSPS) is 9.88. The summed E-state index contributed by atoms with van der Waals surface area (Å²) >= 11 is 0. The highest BCUT2D eigenvalue weighted by Gasteiger charge is 2.04. The Morgan fingerprint density at radius 1 is 1.24 bits per heavy atom. The highest BCUT2D eigenvalue weighted by atomic mass is 35.5. The Balaban J connectivity index is 0.00000256. The van der Waals surface area contributed by atoms with E-state index in [4.69, 9.17) is 15.2 Å². The number of benzene rings is 1. The summed E-state index contributed by atoms with van der Waals surface area (Å²) in [5.74, 6) is 2.18. The van der Waals surface area contributed by atoms with E-state index < -0.39 is 0 Å². The number of nitrogen functional groups attached to an aromatic ring is 1. The second-order valence-electron chi connectivity index (χ2n) is 4.29. The minimum absolute atomic E-state index is 0. The summed E-state index contributed by atoms with van der Waals surface area (Å²) < 4.78 is 10.9. The van der Waals surface area contributed by atoms with Gasteiger partial charge in [0.1, 0.15) is 0 Å². The lowest BCUT2D eigenvalue weighted by Gasteiger charge is -2.11. The molecule has 0 aliphatic heterocycles. The van der Waals surface area contributed by atoms with E-state index in [1.165, 1.54) is 6.42 Å². The largest absolute Gasteiger partial charge is 0.493 e. The average Bonchev–Trinajstić information content (AvgIpc) is 2.24. The maximum atomic E-state index is 5.70. The zero-order chi connectivity index (χ0) is 12.0. The van der Waals surface area contributed by atoms with E-state index in [-0.39, 0.29) is 12.4 Å². The minimum atomic E-state index is 0. The molecule has 1 aromatic rings. The molecule has 2 N–H and O–H groups in total. The van der Waals surface area contributed by atoms with Gasteiger partial charge in [-0.05, 0) is 30.9 Å². The smallest absolute Gasteiger partial charge is 0.163 e. The summed E-state index contributed by atoms with van der Waals surface area (Å²) in [5.41, 5.74) is 6.39. The van der Waals surface area contributed by atoms with Crippen molar-refractivity contribution in [3.05, 3.63) is 18.2 Å². The number of halogens is 1. The van der Waals surface area contributed by atoms with Crippen LogP contribution in [-0.2, 0) is 0 Å². The van der Waals surface area contributed by atoms with Crippen LogP contribution in [0.3, 0.4) is 0 Å². The zero-order valence-electron chi connectivity index (χ0n) is 10.7. The van der Waals surface area contributed by atoms with Crippen LogP contribution in [0.4, 0.5) is 5.69 Å². The monoisotopic (exact) mass is 259 g/mol. The molecule has 1 rings (SSSR count). The van der Waals surface area contributed by atoms with Crippen LogP contribution in [0.1, 0.15) is 26.7 Å². The molecule has 0 atom stereocenters. The third-order valence-corrected chi connectivity index (χ3v) is 2.37. The van der Waals surface area contributed by atoms with Gasteiger partial charge < -0.3 is 15.2 Å². The minimum Gasteiger partial charge on any atom is -0.493 e. The van der Waals surface area contributed by atoms with Gasteiger partial charge in [-0.15, -0.1) is 12.4 Å². The first-order chi connectivity index (χ1) is 7.63. The van der Waals surface area contributed by atoms with Crippen molar-refractivity contribution in [2.24, 2.45) is 5.92 Å². The molecule has 0 aliphatic carbocycles. The van der Waals surface area contributed by atoms with Crippen molar-refractivity contribution < 1.29 is 9.47 Å². The zero-order valence-corrected chi connectivity index (χ0v) is 11.5. The first-order valence-corrected chi connectivity index (χ1v) is 5.69. The van der Waals surface area contributed by atoms with E-state index >= 15 is 0 Å². The molecule has 0 saturated heterocycles. The highest BCUT2D eigenvalue weighted by Crippen LogP contribution is 2.29. The first-order valence-electron chi connectivity index (χ1n) is 5.69. The van der Waals surface area contributed by atoms with Gasteiger partial charge in [0, 0.05) is 11.8 Å². The lowest BCUT2D eigenvalue weighted by molar-refractivity contribution is 0.280. The van der Waals surface area contributed by atoms with Gasteiger partial charge in [-0.2, -0.15) is 0 Å². The van der Waals surface area contributed by atoms with Crippen molar-refractivity contribution in [3.8, 4) is 11.5 Å². The fourth-order valence-corrected chi connectivity index (χ4v) is 1.48. The number of nitrogens with two attached hydrogens (primary N) is 1. The van der Waals surface area contributed by atoms with Crippen molar-refractivity contribution in [2.45, 2.75) is 26.7 Å².